The molecule has 0 saturated heterocycles. The fourth-order valence-electron chi connectivity index (χ4n) is 2.20. The third kappa shape index (κ3) is 7.18. The topological polar surface area (TPSA) is 94.6 Å². The number of rotatable bonds is 10. The molecule has 0 atom stereocenters. The summed E-state index contributed by atoms with van der Waals surface area (Å²) >= 11 is 1.27. The number of ketones is 1. The Balaban J connectivity index is 1.68. The van der Waals surface area contributed by atoms with Gasteiger partial charge in [0.1, 0.15) is 5.75 Å². The summed E-state index contributed by atoms with van der Waals surface area (Å²) in [7, 11) is 0. The van der Waals surface area contributed by atoms with E-state index in [1.807, 2.05) is 0 Å². The molecular weight excluding hydrogens is 368 g/mol. The average Bonchev–Trinajstić information content (AvgIpc) is 3.06. The van der Waals surface area contributed by atoms with Crippen molar-refractivity contribution in [3.63, 3.8) is 0 Å². The van der Waals surface area contributed by atoms with Crippen molar-refractivity contribution < 1.29 is 23.9 Å². The number of nitrogens with zero attached hydrogens (tertiary/aromatic N) is 1. The summed E-state index contributed by atoms with van der Waals surface area (Å²) in [6.45, 7) is 3.97. The number of thiazole rings is 1. The number of benzene rings is 1. The number of nitrogens with one attached hydrogen (secondary N) is 1. The van der Waals surface area contributed by atoms with Crippen molar-refractivity contribution in [3.8, 4) is 5.75 Å². The summed E-state index contributed by atoms with van der Waals surface area (Å²) < 4.78 is 10.4. The van der Waals surface area contributed by atoms with E-state index in [4.69, 9.17) is 9.47 Å². The van der Waals surface area contributed by atoms with Gasteiger partial charge in [-0.1, -0.05) is 0 Å². The number of hydrogen-bond donors (Lipinski definition) is 1. The van der Waals surface area contributed by atoms with E-state index < -0.39 is 0 Å². The van der Waals surface area contributed by atoms with Crippen LogP contribution in [-0.2, 0) is 20.7 Å². The second-order valence-corrected chi connectivity index (χ2v) is 6.56. The molecule has 2 aromatic rings. The summed E-state index contributed by atoms with van der Waals surface area (Å²) in [4.78, 5) is 38.8. The Morgan fingerprint density at radius 1 is 1.19 bits per heavy atom. The molecule has 7 nitrogen and oxygen atoms in total. The monoisotopic (exact) mass is 390 g/mol. The smallest absolute Gasteiger partial charge is 0.311 e. The molecule has 144 valence electrons. The van der Waals surface area contributed by atoms with Crippen molar-refractivity contribution in [2.24, 2.45) is 0 Å². The van der Waals surface area contributed by atoms with E-state index in [1.165, 1.54) is 18.3 Å². The van der Waals surface area contributed by atoms with E-state index in [1.54, 1.807) is 36.6 Å². The van der Waals surface area contributed by atoms with Gasteiger partial charge in [-0.2, -0.15) is 0 Å². The first-order valence-electron chi connectivity index (χ1n) is 8.61. The Bertz CT molecular complexity index is 786. The summed E-state index contributed by atoms with van der Waals surface area (Å²) in [5.41, 5.74) is 1.21. The van der Waals surface area contributed by atoms with Crippen LogP contribution in [0.2, 0.25) is 0 Å². The van der Waals surface area contributed by atoms with Gasteiger partial charge in [-0.3, -0.25) is 14.4 Å². The van der Waals surface area contributed by atoms with E-state index >= 15 is 0 Å². The molecule has 0 saturated carbocycles. The maximum atomic E-state index is 11.9. The van der Waals surface area contributed by atoms with Crippen LogP contribution in [0.5, 0.6) is 5.75 Å². The largest absolute Gasteiger partial charge is 0.494 e. The van der Waals surface area contributed by atoms with Gasteiger partial charge in [0.15, 0.2) is 10.9 Å². The Morgan fingerprint density at radius 2 is 1.93 bits per heavy atom. The average molecular weight is 390 g/mol. The Hall–Kier alpha value is -2.74. The molecule has 0 fully saturated rings. The highest BCUT2D eigenvalue weighted by Gasteiger charge is 2.10. The van der Waals surface area contributed by atoms with Crippen molar-refractivity contribution in [1.29, 1.82) is 0 Å². The lowest BCUT2D eigenvalue weighted by atomic mass is 10.1. The number of hydrogen-bond acceptors (Lipinski definition) is 7. The first-order valence-corrected chi connectivity index (χ1v) is 9.49. The van der Waals surface area contributed by atoms with E-state index in [0.29, 0.717) is 41.8 Å². The van der Waals surface area contributed by atoms with Crippen LogP contribution in [0, 0.1) is 0 Å². The van der Waals surface area contributed by atoms with Crippen LogP contribution in [0.3, 0.4) is 0 Å². The number of ether oxygens (including phenoxy) is 2. The SMILES string of the molecule is CCOC(=O)Cc1csc(NC(=O)CCCOc2ccc(C(C)=O)cc2)n1. The second kappa shape index (κ2) is 10.4. The molecule has 0 aliphatic heterocycles. The molecule has 8 heteroatoms. The zero-order valence-electron chi connectivity index (χ0n) is 15.3. The van der Waals surface area contributed by atoms with Crippen LogP contribution in [0.25, 0.3) is 0 Å². The molecule has 0 aliphatic carbocycles. The van der Waals surface area contributed by atoms with E-state index in [-0.39, 0.29) is 30.5 Å². The third-order valence-corrected chi connectivity index (χ3v) is 4.31. The van der Waals surface area contributed by atoms with Gasteiger partial charge in [0.2, 0.25) is 5.91 Å². The number of amides is 1. The maximum Gasteiger partial charge on any atom is 0.311 e. The lowest BCUT2D eigenvalue weighted by Gasteiger charge is -2.06. The van der Waals surface area contributed by atoms with E-state index in [9.17, 15) is 14.4 Å². The van der Waals surface area contributed by atoms with Crippen molar-refractivity contribution in [2.75, 3.05) is 18.5 Å². The van der Waals surface area contributed by atoms with E-state index in [0.717, 1.165) is 0 Å². The van der Waals surface area contributed by atoms with Gasteiger partial charge in [-0.15, -0.1) is 11.3 Å². The molecule has 2 rings (SSSR count). The minimum atomic E-state index is -0.339. The van der Waals surface area contributed by atoms with Crippen LogP contribution in [-0.4, -0.2) is 35.9 Å². The fourth-order valence-corrected chi connectivity index (χ4v) is 2.92. The summed E-state index contributed by atoms with van der Waals surface area (Å²) in [5, 5.41) is 4.89. The minimum Gasteiger partial charge on any atom is -0.494 e. The van der Waals surface area contributed by atoms with Crippen LogP contribution in [0.1, 0.15) is 42.7 Å². The summed E-state index contributed by atoms with van der Waals surface area (Å²) in [6.07, 6.45) is 0.927. The number of esters is 1. The molecule has 0 unspecified atom stereocenters. The fraction of sp³-hybridized carbons (Fsp3) is 0.368. The zero-order valence-corrected chi connectivity index (χ0v) is 16.1. The Kier molecular flexibility index (Phi) is 7.94. The summed E-state index contributed by atoms with van der Waals surface area (Å²) in [5.74, 6) is 0.159. The molecule has 0 radical (unpaired) electrons. The van der Waals surface area contributed by atoms with Gasteiger partial charge in [0, 0.05) is 17.4 Å². The highest BCUT2D eigenvalue weighted by molar-refractivity contribution is 7.13. The molecule has 1 N–H and O–H groups in total. The first kappa shape index (κ1) is 20.6. The highest BCUT2D eigenvalue weighted by atomic mass is 32.1. The standard InChI is InChI=1S/C19H22N2O5S/c1-3-25-18(24)11-15-12-27-19(20-15)21-17(23)5-4-10-26-16-8-6-14(7-9-16)13(2)22/h6-9,12H,3-5,10-11H2,1-2H3,(H,20,21,23). The Labute approximate surface area is 161 Å². The Morgan fingerprint density at radius 3 is 2.59 bits per heavy atom. The normalized spacial score (nSPS) is 10.3. The van der Waals surface area contributed by atoms with Gasteiger partial charge in [0.05, 0.1) is 25.3 Å². The van der Waals surface area contributed by atoms with Crippen LogP contribution in [0.4, 0.5) is 5.13 Å². The van der Waals surface area contributed by atoms with Crippen LogP contribution in [0.15, 0.2) is 29.6 Å². The predicted molar refractivity (Wildman–Crippen MR) is 102 cm³/mol. The number of carbonyl (C=O) groups is 3. The zero-order chi connectivity index (χ0) is 19.6. The number of anilines is 1. The molecule has 0 bridgehead atoms. The second-order valence-electron chi connectivity index (χ2n) is 5.71. The quantitative estimate of drug-likeness (QED) is 0.380. The molecule has 0 aliphatic rings. The molecule has 1 heterocycles. The maximum absolute atomic E-state index is 11.9. The molecular formula is C19H22N2O5S. The number of aromatic nitrogens is 1. The third-order valence-electron chi connectivity index (χ3n) is 3.51. The minimum absolute atomic E-state index is 0.00539. The molecule has 0 spiro atoms. The van der Waals surface area contributed by atoms with Gasteiger partial charge in [0.25, 0.3) is 0 Å². The van der Waals surface area contributed by atoms with Crippen LogP contribution >= 0.6 is 11.3 Å². The van der Waals surface area contributed by atoms with Gasteiger partial charge in [-0.05, 0) is 44.5 Å². The van der Waals surface area contributed by atoms with Gasteiger partial charge < -0.3 is 14.8 Å². The summed E-state index contributed by atoms with van der Waals surface area (Å²) in [6, 6.07) is 6.89. The molecule has 1 amide bonds. The van der Waals surface area contributed by atoms with E-state index in [2.05, 4.69) is 10.3 Å². The highest BCUT2D eigenvalue weighted by Crippen LogP contribution is 2.17. The molecule has 1 aromatic carbocycles. The van der Waals surface area contributed by atoms with Crippen molar-refractivity contribution in [1.82, 2.24) is 4.98 Å². The van der Waals surface area contributed by atoms with Crippen molar-refractivity contribution >= 4 is 34.1 Å². The lowest BCUT2D eigenvalue weighted by Crippen LogP contribution is -2.13. The van der Waals surface area contributed by atoms with Gasteiger partial charge in [-0.25, -0.2) is 4.98 Å². The molecule has 27 heavy (non-hydrogen) atoms. The van der Waals surface area contributed by atoms with Gasteiger partial charge >= 0.3 is 5.97 Å². The predicted octanol–water partition coefficient (Wildman–Crippen LogP) is 3.25. The van der Waals surface area contributed by atoms with Crippen LogP contribution < -0.4 is 10.1 Å². The molecule has 1 aromatic heterocycles. The van der Waals surface area contributed by atoms with Crippen molar-refractivity contribution in [2.45, 2.75) is 33.1 Å². The number of Topliss-reactive ketones (excluding diaryl/α,β-unsaturated/α-hetero) is 1. The van der Waals surface area contributed by atoms with Crippen molar-refractivity contribution in [3.05, 3.63) is 40.9 Å². The lowest BCUT2D eigenvalue weighted by molar-refractivity contribution is -0.142. The number of carbonyl (C=O) groups excluding carboxylic acids is 3. The first-order chi connectivity index (χ1) is 13.0.